The summed E-state index contributed by atoms with van der Waals surface area (Å²) in [6.07, 6.45) is 0. The van der Waals surface area contributed by atoms with E-state index >= 15 is 0 Å². The number of aromatic nitrogens is 1. The molecular weight excluding hydrogens is 524 g/mol. The van der Waals surface area contributed by atoms with Crippen LogP contribution in [0.3, 0.4) is 0 Å². The number of hydrogen-bond donors (Lipinski definition) is 1. The molecule has 7 heteroatoms. The van der Waals surface area contributed by atoms with Crippen LogP contribution in [0.15, 0.2) is 76.1 Å². The Morgan fingerprint density at radius 3 is 2.37 bits per heavy atom. The van der Waals surface area contributed by atoms with Crippen molar-refractivity contribution in [1.29, 1.82) is 0 Å². The molecule has 1 N–H and O–H groups in total. The Kier molecular flexibility index (Phi) is 8.21. The van der Waals surface area contributed by atoms with Crippen LogP contribution < -0.4 is 10.0 Å². The van der Waals surface area contributed by atoms with E-state index in [0.717, 1.165) is 26.6 Å². The number of hydrogen-bond acceptors (Lipinski definition) is 4. The second-order valence-electron chi connectivity index (χ2n) is 8.66. The van der Waals surface area contributed by atoms with Crippen LogP contribution in [0.2, 0.25) is 0 Å². The van der Waals surface area contributed by atoms with Crippen molar-refractivity contribution in [1.82, 2.24) is 4.57 Å². The maximum atomic E-state index is 13.4. The van der Waals surface area contributed by atoms with Crippen molar-refractivity contribution in [3.05, 3.63) is 93.6 Å². The number of fused-ring (bicyclic) bond motifs is 1. The van der Waals surface area contributed by atoms with Crippen LogP contribution in [0.4, 0.5) is 0 Å². The molecule has 0 amide bonds. The topological polar surface area (TPSA) is 58.7 Å². The number of carbonyl (C=O) groups excluding carboxylic acids is 1. The fourth-order valence-electron chi connectivity index (χ4n) is 4.30. The first-order valence-electron chi connectivity index (χ1n) is 11.6. The minimum Gasteiger partial charge on any atom is -0.871 e. The number of halogens is 1. The van der Waals surface area contributed by atoms with Crippen LogP contribution in [0.1, 0.15) is 34.1 Å². The van der Waals surface area contributed by atoms with Gasteiger partial charge in [0, 0.05) is 38.3 Å². The van der Waals surface area contributed by atoms with Gasteiger partial charge in [-0.25, -0.2) is 4.79 Å². The minimum absolute atomic E-state index is 0.0802. The molecule has 0 saturated carbocycles. The molecule has 1 heterocycles. The summed E-state index contributed by atoms with van der Waals surface area (Å²) in [5.74, 6) is 0.104. The van der Waals surface area contributed by atoms with Crippen molar-refractivity contribution in [3.63, 3.8) is 0 Å². The van der Waals surface area contributed by atoms with Gasteiger partial charge < -0.3 is 19.3 Å². The van der Waals surface area contributed by atoms with Gasteiger partial charge >= 0.3 is 5.97 Å². The number of rotatable bonds is 9. The molecule has 0 aliphatic carbocycles. The third-order valence-corrected chi connectivity index (χ3v) is 7.39. The largest absolute Gasteiger partial charge is 0.871 e. The molecule has 0 saturated heterocycles. The molecule has 0 spiro atoms. The zero-order valence-corrected chi connectivity index (χ0v) is 22.5. The molecule has 3 aromatic carbocycles. The number of nitrogens with one attached hydrogen (secondary N) is 1. The first kappa shape index (κ1) is 25.4. The Morgan fingerprint density at radius 2 is 1.74 bits per heavy atom. The van der Waals surface area contributed by atoms with E-state index in [1.165, 1.54) is 0 Å². The summed E-state index contributed by atoms with van der Waals surface area (Å²) in [5.41, 5.74) is 3.98. The summed E-state index contributed by atoms with van der Waals surface area (Å²) in [5, 5.41) is 14.0. The van der Waals surface area contributed by atoms with Crippen molar-refractivity contribution in [2.45, 2.75) is 30.7 Å². The Balaban J connectivity index is 1.99. The fraction of sp³-hybridized carbons (Fsp3) is 0.250. The lowest BCUT2D eigenvalue weighted by Crippen LogP contribution is -3.04. The highest BCUT2D eigenvalue weighted by atomic mass is 79.9. The van der Waals surface area contributed by atoms with Crippen molar-refractivity contribution in [2.24, 2.45) is 0 Å². The monoisotopic (exact) mass is 552 g/mol. The minimum atomic E-state index is -0.385. The van der Waals surface area contributed by atoms with Crippen molar-refractivity contribution in [3.8, 4) is 5.75 Å². The van der Waals surface area contributed by atoms with Gasteiger partial charge in [0.25, 0.3) is 0 Å². The standard InChI is InChI=1S/C28H29BrN2O3S/c1-4-34-28(33)26-24(18-35-20-13-9-6-10-14-20)31(16-19-11-7-5-8-12-19)23-15-22(29)27(32)21(25(23)26)17-30(2)3/h5-15,32H,4,16-18H2,1-3H3. The number of ether oxygens (including phenoxy) is 1. The predicted octanol–water partition coefficient (Wildman–Crippen LogP) is 4.64. The van der Waals surface area contributed by atoms with Gasteiger partial charge in [0.05, 0.1) is 31.8 Å². The van der Waals surface area contributed by atoms with Crippen molar-refractivity contribution >= 4 is 44.6 Å². The molecule has 4 rings (SSSR count). The molecule has 0 atom stereocenters. The van der Waals surface area contributed by atoms with E-state index in [0.29, 0.717) is 39.8 Å². The summed E-state index contributed by atoms with van der Waals surface area (Å²) < 4.78 is 8.22. The third kappa shape index (κ3) is 5.58. The highest BCUT2D eigenvalue weighted by Crippen LogP contribution is 2.40. The molecule has 0 unspecified atom stereocenters. The van der Waals surface area contributed by atoms with E-state index in [-0.39, 0.29) is 18.3 Å². The Labute approximate surface area is 218 Å². The van der Waals surface area contributed by atoms with E-state index in [2.05, 4.69) is 44.8 Å². The van der Waals surface area contributed by atoms with Crippen LogP contribution in [0, 0.1) is 0 Å². The van der Waals surface area contributed by atoms with E-state index in [1.54, 1.807) is 18.7 Å². The first-order valence-corrected chi connectivity index (χ1v) is 13.4. The summed E-state index contributed by atoms with van der Waals surface area (Å²) in [6.45, 7) is 3.16. The lowest BCUT2D eigenvalue weighted by Gasteiger charge is -2.20. The Morgan fingerprint density at radius 1 is 1.09 bits per heavy atom. The normalized spacial score (nSPS) is 11.3. The predicted molar refractivity (Wildman–Crippen MR) is 143 cm³/mol. The number of benzene rings is 3. The average Bonchev–Trinajstić information content (AvgIpc) is 3.14. The molecule has 0 fully saturated rings. The van der Waals surface area contributed by atoms with Gasteiger partial charge in [-0.1, -0.05) is 70.2 Å². The zero-order valence-electron chi connectivity index (χ0n) is 20.1. The van der Waals surface area contributed by atoms with E-state index in [9.17, 15) is 9.90 Å². The molecule has 0 radical (unpaired) electrons. The molecule has 0 bridgehead atoms. The van der Waals surface area contributed by atoms with Gasteiger partial charge in [0.15, 0.2) is 0 Å². The average molecular weight is 554 g/mol. The van der Waals surface area contributed by atoms with Gasteiger partial charge in [0.1, 0.15) is 6.54 Å². The zero-order chi connectivity index (χ0) is 24.9. The van der Waals surface area contributed by atoms with E-state index in [4.69, 9.17) is 4.74 Å². The molecule has 1 aromatic heterocycles. The molecule has 0 aliphatic rings. The molecule has 5 nitrogen and oxygen atoms in total. The lowest BCUT2D eigenvalue weighted by molar-refractivity contribution is -0.872. The van der Waals surface area contributed by atoms with Crippen molar-refractivity contribution in [2.75, 3.05) is 20.7 Å². The molecule has 4 aromatic rings. The van der Waals surface area contributed by atoms with Gasteiger partial charge in [-0.3, -0.25) is 0 Å². The number of carbonyl (C=O) groups is 1. The van der Waals surface area contributed by atoms with Crippen LogP contribution in [0.25, 0.3) is 10.9 Å². The maximum absolute atomic E-state index is 13.4. The number of quaternary nitrogens is 1. The van der Waals surface area contributed by atoms with E-state index < -0.39 is 0 Å². The smallest absolute Gasteiger partial charge is 0.340 e. The van der Waals surface area contributed by atoms with Crippen LogP contribution in [0.5, 0.6) is 5.75 Å². The van der Waals surface area contributed by atoms with Crippen LogP contribution >= 0.6 is 27.7 Å². The van der Waals surface area contributed by atoms with Crippen LogP contribution in [-0.2, 0) is 23.6 Å². The number of nitrogens with zero attached hydrogens (tertiary/aromatic N) is 1. The second kappa shape index (κ2) is 11.3. The fourth-order valence-corrected chi connectivity index (χ4v) is 5.71. The number of esters is 1. The van der Waals surface area contributed by atoms with Crippen molar-refractivity contribution < 1.29 is 19.5 Å². The van der Waals surface area contributed by atoms with Crippen LogP contribution in [-0.4, -0.2) is 31.2 Å². The lowest BCUT2D eigenvalue weighted by atomic mass is 10.0. The second-order valence-corrected chi connectivity index (χ2v) is 10.6. The molecule has 182 valence electrons. The maximum Gasteiger partial charge on any atom is 0.340 e. The van der Waals surface area contributed by atoms with Gasteiger partial charge in [-0.15, -0.1) is 11.8 Å². The quantitative estimate of drug-likeness (QED) is 0.243. The van der Waals surface area contributed by atoms with Gasteiger partial charge in [-0.05, 0) is 30.7 Å². The SMILES string of the molecule is CCOC(=O)c1c(CSc2ccccc2)n(Cc2ccccc2)c2cc(Br)c([O-])c(C[NH+](C)C)c12. The highest BCUT2D eigenvalue weighted by Gasteiger charge is 2.27. The first-order chi connectivity index (χ1) is 16.9. The third-order valence-electron chi connectivity index (χ3n) is 5.78. The molecule has 0 aliphatic heterocycles. The van der Waals surface area contributed by atoms with Gasteiger partial charge in [-0.2, -0.15) is 0 Å². The summed E-state index contributed by atoms with van der Waals surface area (Å²) >= 11 is 5.17. The summed E-state index contributed by atoms with van der Waals surface area (Å²) in [7, 11) is 4.01. The van der Waals surface area contributed by atoms with Gasteiger partial charge in [0.2, 0.25) is 0 Å². The van der Waals surface area contributed by atoms with E-state index in [1.807, 2.05) is 56.6 Å². The molecule has 35 heavy (non-hydrogen) atoms. The number of thioether (sulfide) groups is 1. The Hall–Kier alpha value is -2.74. The summed E-state index contributed by atoms with van der Waals surface area (Å²) in [4.78, 5) is 15.6. The summed E-state index contributed by atoms with van der Waals surface area (Å²) in [6, 6.07) is 22.1. The Bertz CT molecular complexity index is 1320. The molecular formula is C28H29BrN2O3S. The highest BCUT2D eigenvalue weighted by molar-refractivity contribution is 9.10.